The van der Waals surface area contributed by atoms with Crippen molar-refractivity contribution in [1.29, 1.82) is 5.26 Å². The van der Waals surface area contributed by atoms with E-state index in [9.17, 15) is 14.9 Å². The smallest absolute Gasteiger partial charge is 0.344 e. The molecule has 132 valence electrons. The molecule has 2 aromatic carbocycles. The lowest BCUT2D eigenvalue weighted by Gasteiger charge is -2.08. The first-order chi connectivity index (χ1) is 13.1. The summed E-state index contributed by atoms with van der Waals surface area (Å²) in [5.74, 6) is -1.56. The molecule has 0 spiro atoms. The Kier molecular flexibility index (Phi) is 5.24. The Bertz CT molecular complexity index is 1040. The number of hydrogen-bond acceptors (Lipinski definition) is 6. The highest BCUT2D eigenvalue weighted by Crippen LogP contribution is 2.21. The number of hydrogen-bond donors (Lipinski definition) is 0. The second kappa shape index (κ2) is 7.93. The van der Waals surface area contributed by atoms with E-state index in [1.807, 2.05) is 19.1 Å². The molecule has 0 radical (unpaired) electrons. The number of ether oxygens (including phenoxy) is 2. The fraction of sp³-hybridized carbons (Fsp3) is 0.0476. The molecule has 0 aliphatic carbocycles. The second-order valence-corrected chi connectivity index (χ2v) is 5.63. The van der Waals surface area contributed by atoms with Crippen LogP contribution < -0.4 is 9.47 Å². The maximum Gasteiger partial charge on any atom is 0.344 e. The molecule has 0 saturated carbocycles. The molecule has 0 fully saturated rings. The topological polar surface area (TPSA) is 89.3 Å². The van der Waals surface area contributed by atoms with Gasteiger partial charge in [0.15, 0.2) is 0 Å². The van der Waals surface area contributed by atoms with E-state index in [1.54, 1.807) is 48.5 Å². The average molecular weight is 358 g/mol. The third kappa shape index (κ3) is 4.35. The van der Waals surface area contributed by atoms with Crippen LogP contribution in [0.2, 0.25) is 0 Å². The predicted octanol–water partition coefficient (Wildman–Crippen LogP) is 3.70. The van der Waals surface area contributed by atoms with Gasteiger partial charge in [-0.05, 0) is 37.3 Å². The maximum absolute atomic E-state index is 12.3. The number of aromatic nitrogens is 1. The van der Waals surface area contributed by atoms with Gasteiger partial charge in [0.1, 0.15) is 11.6 Å². The first-order valence-corrected chi connectivity index (χ1v) is 8.04. The van der Waals surface area contributed by atoms with Crippen LogP contribution in [0.25, 0.3) is 0 Å². The third-order valence-electron chi connectivity index (χ3n) is 3.61. The van der Waals surface area contributed by atoms with Crippen molar-refractivity contribution in [1.82, 2.24) is 4.98 Å². The lowest BCUT2D eigenvalue weighted by atomic mass is 10.1. The summed E-state index contributed by atoms with van der Waals surface area (Å²) < 4.78 is 10.4. The van der Waals surface area contributed by atoms with Crippen molar-refractivity contribution in [2.45, 2.75) is 6.92 Å². The minimum Gasteiger partial charge on any atom is -0.404 e. The first kappa shape index (κ1) is 17.8. The summed E-state index contributed by atoms with van der Waals surface area (Å²) in [7, 11) is 0. The highest BCUT2D eigenvalue weighted by Gasteiger charge is 2.16. The fourth-order valence-electron chi connectivity index (χ4n) is 2.29. The van der Waals surface area contributed by atoms with E-state index < -0.39 is 11.9 Å². The molecule has 0 aliphatic rings. The van der Waals surface area contributed by atoms with Crippen LogP contribution in [-0.2, 0) is 0 Å². The summed E-state index contributed by atoms with van der Waals surface area (Å²) in [4.78, 5) is 28.4. The van der Waals surface area contributed by atoms with Crippen LogP contribution in [0.5, 0.6) is 11.8 Å². The molecule has 0 unspecified atom stereocenters. The average Bonchev–Trinajstić information content (AvgIpc) is 2.69. The molecule has 6 nitrogen and oxygen atoms in total. The van der Waals surface area contributed by atoms with Crippen molar-refractivity contribution in [3.63, 3.8) is 0 Å². The minimum absolute atomic E-state index is 0.0514. The molecule has 0 bridgehead atoms. The van der Waals surface area contributed by atoms with Crippen molar-refractivity contribution < 1.29 is 19.1 Å². The number of pyridine rings is 1. The number of nitriles is 1. The van der Waals surface area contributed by atoms with E-state index in [-0.39, 0.29) is 17.3 Å². The molecule has 0 amide bonds. The Balaban J connectivity index is 1.82. The van der Waals surface area contributed by atoms with Gasteiger partial charge in [0.05, 0.1) is 11.1 Å². The minimum atomic E-state index is -0.658. The van der Waals surface area contributed by atoms with Crippen LogP contribution in [0.1, 0.15) is 31.8 Å². The molecule has 6 heteroatoms. The van der Waals surface area contributed by atoms with E-state index in [1.165, 1.54) is 12.1 Å². The van der Waals surface area contributed by atoms with Gasteiger partial charge in [-0.25, -0.2) is 9.59 Å². The molecule has 0 atom stereocenters. The highest BCUT2D eigenvalue weighted by molar-refractivity contribution is 5.92. The lowest BCUT2D eigenvalue weighted by Crippen LogP contribution is -2.13. The molecule has 27 heavy (non-hydrogen) atoms. The van der Waals surface area contributed by atoms with Crippen molar-refractivity contribution >= 4 is 11.9 Å². The Morgan fingerprint density at radius 2 is 1.59 bits per heavy atom. The van der Waals surface area contributed by atoms with Crippen molar-refractivity contribution in [2.75, 3.05) is 0 Å². The summed E-state index contributed by atoms with van der Waals surface area (Å²) in [6.07, 6.45) is 0. The zero-order valence-corrected chi connectivity index (χ0v) is 14.4. The molecule has 1 heterocycles. The monoisotopic (exact) mass is 358 g/mol. The van der Waals surface area contributed by atoms with Gasteiger partial charge in [-0.3, -0.25) is 0 Å². The van der Waals surface area contributed by atoms with Gasteiger partial charge in [-0.1, -0.05) is 35.9 Å². The number of esters is 2. The summed E-state index contributed by atoms with van der Waals surface area (Å²) in [6, 6.07) is 19.9. The van der Waals surface area contributed by atoms with Gasteiger partial charge >= 0.3 is 11.9 Å². The first-order valence-electron chi connectivity index (χ1n) is 8.04. The van der Waals surface area contributed by atoms with Crippen molar-refractivity contribution in [3.05, 3.63) is 89.0 Å². The number of carbonyl (C=O) groups excluding carboxylic acids is 2. The van der Waals surface area contributed by atoms with Crippen LogP contribution in [0.4, 0.5) is 0 Å². The number of aryl methyl sites for hydroxylation is 1. The molecular weight excluding hydrogens is 344 g/mol. The summed E-state index contributed by atoms with van der Waals surface area (Å²) in [5.41, 5.74) is 1.62. The molecule has 1 aromatic heterocycles. The van der Waals surface area contributed by atoms with Crippen LogP contribution in [0.15, 0.2) is 66.7 Å². The second-order valence-electron chi connectivity index (χ2n) is 5.63. The third-order valence-corrected chi connectivity index (χ3v) is 3.61. The number of nitrogens with zero attached hydrogens (tertiary/aromatic N) is 2. The molecule has 3 aromatic rings. The van der Waals surface area contributed by atoms with Crippen LogP contribution in [-0.4, -0.2) is 16.9 Å². The molecule has 0 N–H and O–H groups in total. The number of benzene rings is 2. The Morgan fingerprint density at radius 3 is 2.30 bits per heavy atom. The normalized spacial score (nSPS) is 9.93. The highest BCUT2D eigenvalue weighted by atomic mass is 16.6. The molecule has 3 rings (SSSR count). The van der Waals surface area contributed by atoms with Gasteiger partial charge in [0, 0.05) is 6.07 Å². The van der Waals surface area contributed by atoms with Gasteiger partial charge in [0.2, 0.25) is 11.8 Å². The predicted molar refractivity (Wildman–Crippen MR) is 96.5 cm³/mol. The zero-order chi connectivity index (χ0) is 19.2. The SMILES string of the molecule is Cc1cccc(C(=O)Oc2nc(OC(=O)c3ccccc3)ccc2C#N)c1. The van der Waals surface area contributed by atoms with Crippen LogP contribution in [0.3, 0.4) is 0 Å². The van der Waals surface area contributed by atoms with Gasteiger partial charge < -0.3 is 9.47 Å². The zero-order valence-electron chi connectivity index (χ0n) is 14.4. The summed E-state index contributed by atoms with van der Waals surface area (Å²) in [6.45, 7) is 1.85. The van der Waals surface area contributed by atoms with Crippen LogP contribution >= 0.6 is 0 Å². The van der Waals surface area contributed by atoms with Gasteiger partial charge in [-0.2, -0.15) is 10.2 Å². The largest absolute Gasteiger partial charge is 0.404 e. The fourth-order valence-corrected chi connectivity index (χ4v) is 2.29. The molecular formula is C21H14N2O4. The Morgan fingerprint density at radius 1 is 0.889 bits per heavy atom. The number of carbonyl (C=O) groups is 2. The maximum atomic E-state index is 12.3. The van der Waals surface area contributed by atoms with E-state index in [0.717, 1.165) is 5.56 Å². The van der Waals surface area contributed by atoms with Gasteiger partial charge in [-0.15, -0.1) is 0 Å². The lowest BCUT2D eigenvalue weighted by molar-refractivity contribution is 0.0717. The van der Waals surface area contributed by atoms with Gasteiger partial charge in [0.25, 0.3) is 0 Å². The van der Waals surface area contributed by atoms with E-state index >= 15 is 0 Å². The van der Waals surface area contributed by atoms with Crippen molar-refractivity contribution in [2.24, 2.45) is 0 Å². The summed E-state index contributed by atoms with van der Waals surface area (Å²) >= 11 is 0. The van der Waals surface area contributed by atoms with Crippen molar-refractivity contribution in [3.8, 4) is 17.8 Å². The van der Waals surface area contributed by atoms with E-state index in [0.29, 0.717) is 11.1 Å². The number of rotatable bonds is 4. The Hall–Kier alpha value is -3.98. The summed E-state index contributed by atoms with van der Waals surface area (Å²) in [5, 5.41) is 9.21. The Labute approximate surface area is 155 Å². The standard InChI is InChI=1S/C21H14N2O4/c1-14-6-5-9-16(12-14)21(25)27-19-17(13-22)10-11-18(23-19)26-20(24)15-7-3-2-4-8-15/h2-12H,1H3. The quantitative estimate of drug-likeness (QED) is 0.661. The van der Waals surface area contributed by atoms with Crippen LogP contribution in [0, 0.1) is 18.3 Å². The van der Waals surface area contributed by atoms with E-state index in [4.69, 9.17) is 9.47 Å². The molecule has 0 saturated heterocycles. The van der Waals surface area contributed by atoms with E-state index in [2.05, 4.69) is 4.98 Å². The molecule has 0 aliphatic heterocycles.